The Morgan fingerprint density at radius 2 is 1.50 bits per heavy atom. The van der Waals surface area contributed by atoms with Crippen LogP contribution in [0.5, 0.6) is 0 Å². The summed E-state index contributed by atoms with van der Waals surface area (Å²) >= 11 is 5.91. The van der Waals surface area contributed by atoms with Gasteiger partial charge < -0.3 is 10.6 Å². The molecule has 0 amide bonds. The number of hydrogen-bond acceptors (Lipinski definition) is 2. The Kier molecular flexibility index (Phi) is 7.57. The Labute approximate surface area is 129 Å². The predicted octanol–water partition coefficient (Wildman–Crippen LogP) is 4.34. The molecule has 0 heterocycles. The summed E-state index contributed by atoms with van der Waals surface area (Å²) in [4.78, 5) is 2.53. The molecule has 3 heteroatoms. The fraction of sp³-hybridized carbons (Fsp3) is 0.647. The molecule has 2 N–H and O–H groups in total. The first-order valence-corrected chi connectivity index (χ1v) is 7.99. The van der Waals surface area contributed by atoms with E-state index < -0.39 is 0 Å². The largest absolute Gasteiger partial charge is 0.324 e. The van der Waals surface area contributed by atoms with Crippen molar-refractivity contribution in [2.45, 2.75) is 40.2 Å². The van der Waals surface area contributed by atoms with Crippen LogP contribution in [0.4, 0.5) is 0 Å². The SMILES string of the molecule is CC(C)CN(CCC(N)c1ccc(Cl)cc1)CC(C)C. The highest BCUT2D eigenvalue weighted by Gasteiger charge is 2.12. The molecule has 0 radical (unpaired) electrons. The van der Waals surface area contributed by atoms with Crippen LogP contribution in [-0.2, 0) is 0 Å². The lowest BCUT2D eigenvalue weighted by Gasteiger charge is -2.27. The van der Waals surface area contributed by atoms with E-state index >= 15 is 0 Å². The molecule has 0 fully saturated rings. The highest BCUT2D eigenvalue weighted by atomic mass is 35.5. The van der Waals surface area contributed by atoms with Gasteiger partial charge in [-0.25, -0.2) is 0 Å². The van der Waals surface area contributed by atoms with Gasteiger partial charge in [0.1, 0.15) is 0 Å². The van der Waals surface area contributed by atoms with Crippen LogP contribution >= 0.6 is 11.6 Å². The summed E-state index contributed by atoms with van der Waals surface area (Å²) in [6, 6.07) is 7.98. The fourth-order valence-electron chi connectivity index (χ4n) is 2.49. The third-order valence-corrected chi connectivity index (χ3v) is 3.55. The highest BCUT2D eigenvalue weighted by molar-refractivity contribution is 6.30. The molecule has 0 aliphatic carbocycles. The van der Waals surface area contributed by atoms with Crippen molar-refractivity contribution in [3.05, 3.63) is 34.9 Å². The lowest BCUT2D eigenvalue weighted by atomic mass is 10.0. The second-order valence-electron chi connectivity index (χ2n) is 6.49. The van der Waals surface area contributed by atoms with E-state index in [1.165, 1.54) is 5.56 Å². The van der Waals surface area contributed by atoms with Gasteiger partial charge in [-0.1, -0.05) is 51.4 Å². The molecule has 1 unspecified atom stereocenters. The van der Waals surface area contributed by atoms with Crippen molar-refractivity contribution in [2.75, 3.05) is 19.6 Å². The number of nitrogens with two attached hydrogens (primary N) is 1. The van der Waals surface area contributed by atoms with Crippen LogP contribution in [0.2, 0.25) is 5.02 Å². The normalized spacial score (nSPS) is 13.4. The third kappa shape index (κ3) is 6.74. The van der Waals surface area contributed by atoms with Crippen molar-refractivity contribution >= 4 is 11.6 Å². The Balaban J connectivity index is 2.50. The summed E-state index contributed by atoms with van der Waals surface area (Å²) in [5.74, 6) is 1.39. The molecular formula is C17H29ClN2. The third-order valence-electron chi connectivity index (χ3n) is 3.30. The number of nitrogens with zero attached hydrogens (tertiary/aromatic N) is 1. The van der Waals surface area contributed by atoms with Crippen LogP contribution in [-0.4, -0.2) is 24.5 Å². The van der Waals surface area contributed by atoms with Crippen LogP contribution < -0.4 is 5.73 Å². The maximum Gasteiger partial charge on any atom is 0.0406 e. The van der Waals surface area contributed by atoms with Crippen LogP contribution in [0.25, 0.3) is 0 Å². The van der Waals surface area contributed by atoms with Crippen LogP contribution in [0.3, 0.4) is 0 Å². The Hall–Kier alpha value is -0.570. The topological polar surface area (TPSA) is 29.3 Å². The zero-order valence-electron chi connectivity index (χ0n) is 13.3. The maximum absolute atomic E-state index is 6.29. The van der Waals surface area contributed by atoms with E-state index in [1.807, 2.05) is 24.3 Å². The summed E-state index contributed by atoms with van der Waals surface area (Å²) in [5.41, 5.74) is 7.46. The fourth-order valence-corrected chi connectivity index (χ4v) is 2.61. The molecule has 1 aromatic carbocycles. The molecule has 1 rings (SSSR count). The van der Waals surface area contributed by atoms with Crippen LogP contribution in [0, 0.1) is 11.8 Å². The Bertz CT molecular complexity index is 363. The molecule has 2 nitrogen and oxygen atoms in total. The molecule has 0 aliphatic heterocycles. The molecule has 0 saturated carbocycles. The molecule has 0 aromatic heterocycles. The van der Waals surface area contributed by atoms with Gasteiger partial charge in [0.25, 0.3) is 0 Å². The van der Waals surface area contributed by atoms with Crippen molar-refractivity contribution in [2.24, 2.45) is 17.6 Å². The molecule has 114 valence electrons. The summed E-state index contributed by atoms with van der Waals surface area (Å²) in [7, 11) is 0. The van der Waals surface area contributed by atoms with Gasteiger partial charge in [-0.2, -0.15) is 0 Å². The lowest BCUT2D eigenvalue weighted by molar-refractivity contribution is 0.212. The lowest BCUT2D eigenvalue weighted by Crippen LogP contribution is -2.33. The van der Waals surface area contributed by atoms with E-state index in [9.17, 15) is 0 Å². The zero-order valence-corrected chi connectivity index (χ0v) is 14.0. The van der Waals surface area contributed by atoms with Crippen molar-refractivity contribution in [3.8, 4) is 0 Å². The average molecular weight is 297 g/mol. The van der Waals surface area contributed by atoms with Crippen LogP contribution in [0.1, 0.15) is 45.7 Å². The number of hydrogen-bond donors (Lipinski definition) is 1. The Morgan fingerprint density at radius 3 is 1.95 bits per heavy atom. The molecule has 0 bridgehead atoms. The Morgan fingerprint density at radius 1 is 1.00 bits per heavy atom. The summed E-state index contributed by atoms with van der Waals surface area (Å²) < 4.78 is 0. The molecule has 0 aliphatic rings. The number of benzene rings is 1. The predicted molar refractivity (Wildman–Crippen MR) is 89.1 cm³/mol. The van der Waals surface area contributed by atoms with E-state index in [1.54, 1.807) is 0 Å². The molecule has 1 atom stereocenters. The van der Waals surface area contributed by atoms with Crippen LogP contribution in [0.15, 0.2) is 24.3 Å². The van der Waals surface area contributed by atoms with Gasteiger partial charge in [0.05, 0.1) is 0 Å². The molecular weight excluding hydrogens is 268 g/mol. The van der Waals surface area contributed by atoms with E-state index in [-0.39, 0.29) is 6.04 Å². The van der Waals surface area contributed by atoms with Gasteiger partial charge in [0.15, 0.2) is 0 Å². The zero-order chi connectivity index (χ0) is 15.1. The van der Waals surface area contributed by atoms with Gasteiger partial charge in [-0.15, -0.1) is 0 Å². The molecule has 0 saturated heterocycles. The van der Waals surface area contributed by atoms with Gasteiger partial charge in [-0.3, -0.25) is 0 Å². The van der Waals surface area contributed by atoms with Gasteiger partial charge in [-0.05, 0) is 42.5 Å². The van der Waals surface area contributed by atoms with Gasteiger partial charge in [0, 0.05) is 24.2 Å². The second-order valence-corrected chi connectivity index (χ2v) is 6.93. The number of rotatable bonds is 8. The smallest absolute Gasteiger partial charge is 0.0406 e. The summed E-state index contributed by atoms with van der Waals surface area (Å²) in [6.07, 6.45) is 0.987. The first-order chi connectivity index (χ1) is 9.38. The highest BCUT2D eigenvalue weighted by Crippen LogP contribution is 2.18. The second kappa shape index (κ2) is 8.66. The van der Waals surface area contributed by atoms with Crippen molar-refractivity contribution in [1.82, 2.24) is 4.90 Å². The first kappa shape index (κ1) is 17.5. The minimum absolute atomic E-state index is 0.0918. The standard InChI is InChI=1S/C17H29ClN2/c1-13(2)11-20(12-14(3)4)10-9-17(19)15-5-7-16(18)8-6-15/h5-8,13-14,17H,9-12,19H2,1-4H3. The molecule has 1 aromatic rings. The van der Waals surface area contributed by atoms with E-state index in [0.717, 1.165) is 31.1 Å². The molecule has 0 spiro atoms. The van der Waals surface area contributed by atoms with Gasteiger partial charge in [0.2, 0.25) is 0 Å². The van der Waals surface area contributed by atoms with E-state index in [4.69, 9.17) is 17.3 Å². The molecule has 20 heavy (non-hydrogen) atoms. The first-order valence-electron chi connectivity index (χ1n) is 7.62. The van der Waals surface area contributed by atoms with Crippen molar-refractivity contribution in [3.63, 3.8) is 0 Å². The van der Waals surface area contributed by atoms with Crippen molar-refractivity contribution < 1.29 is 0 Å². The quantitative estimate of drug-likeness (QED) is 0.773. The minimum atomic E-state index is 0.0918. The average Bonchev–Trinajstić information content (AvgIpc) is 2.35. The maximum atomic E-state index is 6.29. The summed E-state index contributed by atoms with van der Waals surface area (Å²) in [6.45, 7) is 12.4. The summed E-state index contributed by atoms with van der Waals surface area (Å²) in [5, 5.41) is 0.766. The number of halogens is 1. The van der Waals surface area contributed by atoms with Crippen molar-refractivity contribution in [1.29, 1.82) is 0 Å². The monoisotopic (exact) mass is 296 g/mol. The van der Waals surface area contributed by atoms with Gasteiger partial charge >= 0.3 is 0 Å². The minimum Gasteiger partial charge on any atom is -0.324 e. The van der Waals surface area contributed by atoms with E-state index in [0.29, 0.717) is 11.8 Å². The van der Waals surface area contributed by atoms with E-state index in [2.05, 4.69) is 32.6 Å².